The van der Waals surface area contributed by atoms with Crippen molar-refractivity contribution in [2.45, 2.75) is 26.3 Å². The summed E-state index contributed by atoms with van der Waals surface area (Å²) in [6.45, 7) is 7.92. The first-order valence-electron chi connectivity index (χ1n) is 5.89. The van der Waals surface area contributed by atoms with E-state index in [9.17, 15) is 10.1 Å². The third-order valence-corrected chi connectivity index (χ3v) is 2.38. The van der Waals surface area contributed by atoms with Gasteiger partial charge in [0.25, 0.3) is 0 Å². The van der Waals surface area contributed by atoms with E-state index in [1.54, 1.807) is 24.3 Å². The molecule has 18 heavy (non-hydrogen) atoms. The number of anilines is 1. The molecule has 0 radical (unpaired) electrons. The lowest BCUT2D eigenvalue weighted by molar-refractivity contribution is -0.385. The summed E-state index contributed by atoms with van der Waals surface area (Å²) >= 11 is 0. The van der Waals surface area contributed by atoms with Crippen LogP contribution >= 0.6 is 0 Å². The summed E-state index contributed by atoms with van der Waals surface area (Å²) in [5.41, 5.74) is 0.417. The van der Waals surface area contributed by atoms with Crippen molar-refractivity contribution in [2.75, 3.05) is 11.9 Å². The fraction of sp³-hybridized carbons (Fsp3) is 0.385. The summed E-state index contributed by atoms with van der Waals surface area (Å²) in [7, 11) is 0. The third-order valence-electron chi connectivity index (χ3n) is 2.38. The third kappa shape index (κ3) is 3.48. The van der Waals surface area contributed by atoms with Crippen LogP contribution in [0, 0.1) is 10.1 Å². The van der Waals surface area contributed by atoms with Gasteiger partial charge in [-0.25, -0.2) is 0 Å². The largest absolute Gasteiger partial charge is 0.487 e. The molecule has 0 fully saturated rings. The molecule has 0 aliphatic carbocycles. The van der Waals surface area contributed by atoms with Gasteiger partial charge < -0.3 is 10.1 Å². The van der Waals surface area contributed by atoms with Crippen LogP contribution in [-0.2, 0) is 0 Å². The normalized spacial score (nSPS) is 11.7. The maximum absolute atomic E-state index is 11.1. The summed E-state index contributed by atoms with van der Waals surface area (Å²) in [4.78, 5) is 10.7. The van der Waals surface area contributed by atoms with Crippen molar-refractivity contribution in [1.29, 1.82) is 0 Å². The Balaban J connectivity index is 3.08. The van der Waals surface area contributed by atoms with Gasteiger partial charge >= 0.3 is 5.69 Å². The van der Waals surface area contributed by atoms with Crippen LogP contribution in [0.5, 0.6) is 5.75 Å². The Kier molecular flexibility index (Phi) is 5.17. The lowest BCUT2D eigenvalue weighted by Gasteiger charge is -2.13. The number of hydrogen-bond acceptors (Lipinski definition) is 4. The summed E-state index contributed by atoms with van der Waals surface area (Å²) in [5, 5.41) is 14.2. The van der Waals surface area contributed by atoms with Crippen LogP contribution < -0.4 is 10.1 Å². The number of para-hydroxylation sites is 1. The molecule has 98 valence electrons. The average molecular weight is 250 g/mol. The van der Waals surface area contributed by atoms with E-state index in [0.717, 1.165) is 6.42 Å². The molecular formula is C13H18N2O3. The van der Waals surface area contributed by atoms with E-state index in [4.69, 9.17) is 4.74 Å². The Morgan fingerprint density at radius 3 is 2.89 bits per heavy atom. The molecule has 0 spiro atoms. The maximum atomic E-state index is 11.1. The first-order chi connectivity index (χ1) is 8.60. The minimum atomic E-state index is -0.427. The Bertz CT molecular complexity index is 432. The molecule has 1 aromatic rings. The van der Waals surface area contributed by atoms with E-state index in [2.05, 4.69) is 11.9 Å². The molecule has 0 saturated heterocycles. The quantitative estimate of drug-likeness (QED) is 0.458. The van der Waals surface area contributed by atoms with Gasteiger partial charge in [0.05, 0.1) is 11.5 Å². The molecule has 1 N–H and O–H groups in total. The second kappa shape index (κ2) is 6.64. The molecule has 5 nitrogen and oxygen atoms in total. The molecule has 0 aliphatic heterocycles. The van der Waals surface area contributed by atoms with Crippen LogP contribution in [0.1, 0.15) is 20.3 Å². The van der Waals surface area contributed by atoms with Gasteiger partial charge in [0.15, 0.2) is 5.75 Å². The molecule has 1 rings (SSSR count). The molecule has 0 aromatic heterocycles. The van der Waals surface area contributed by atoms with E-state index in [1.165, 1.54) is 0 Å². The zero-order valence-electron chi connectivity index (χ0n) is 10.7. The maximum Gasteiger partial charge on any atom is 0.333 e. The highest BCUT2D eigenvalue weighted by molar-refractivity contribution is 5.68. The van der Waals surface area contributed by atoms with Gasteiger partial charge in [0, 0.05) is 6.04 Å². The predicted octanol–water partition coefficient (Wildman–Crippen LogP) is 3.37. The van der Waals surface area contributed by atoms with Gasteiger partial charge in [-0.15, -0.1) is 6.58 Å². The van der Waals surface area contributed by atoms with E-state index < -0.39 is 4.92 Å². The highest BCUT2D eigenvalue weighted by Gasteiger charge is 2.21. The van der Waals surface area contributed by atoms with Gasteiger partial charge in [-0.1, -0.05) is 19.1 Å². The number of nitrogens with one attached hydrogen (secondary N) is 1. The summed E-state index contributed by atoms with van der Waals surface area (Å²) in [6.07, 6.45) is 2.49. The summed E-state index contributed by atoms with van der Waals surface area (Å²) in [6, 6.07) is 4.95. The summed E-state index contributed by atoms with van der Waals surface area (Å²) < 4.78 is 5.40. The standard InChI is InChI=1S/C13H18N2O3/c1-4-9-18-12-8-6-7-11(13(12)15(16)17)14-10(3)5-2/h5-8,10,14H,2,4,9H2,1,3H3. The highest BCUT2D eigenvalue weighted by Crippen LogP contribution is 2.35. The SMILES string of the molecule is C=CC(C)Nc1cccc(OCCC)c1[N+](=O)[O-]. The molecule has 1 aromatic carbocycles. The fourth-order valence-corrected chi connectivity index (χ4v) is 1.46. The molecule has 5 heteroatoms. The second-order valence-electron chi connectivity index (χ2n) is 3.93. The minimum Gasteiger partial charge on any atom is -0.487 e. The van der Waals surface area contributed by atoms with Crippen LogP contribution in [0.3, 0.4) is 0 Å². The Labute approximate surface area is 107 Å². The lowest BCUT2D eigenvalue weighted by Crippen LogP contribution is -2.13. The van der Waals surface area contributed by atoms with Gasteiger partial charge in [-0.2, -0.15) is 0 Å². The number of ether oxygens (including phenoxy) is 1. The highest BCUT2D eigenvalue weighted by atomic mass is 16.6. The van der Waals surface area contributed by atoms with Crippen molar-refractivity contribution in [3.63, 3.8) is 0 Å². The summed E-state index contributed by atoms with van der Waals surface area (Å²) in [5.74, 6) is 0.295. The van der Waals surface area contributed by atoms with Crippen molar-refractivity contribution in [3.05, 3.63) is 41.0 Å². The Hall–Kier alpha value is -2.04. The van der Waals surface area contributed by atoms with E-state index in [1.807, 2.05) is 13.8 Å². The van der Waals surface area contributed by atoms with Crippen molar-refractivity contribution in [2.24, 2.45) is 0 Å². The average Bonchev–Trinajstić information content (AvgIpc) is 2.35. The smallest absolute Gasteiger partial charge is 0.333 e. The van der Waals surface area contributed by atoms with Crippen LogP contribution in [0.15, 0.2) is 30.9 Å². The van der Waals surface area contributed by atoms with Crippen LogP contribution in [-0.4, -0.2) is 17.6 Å². The molecule has 0 amide bonds. The number of nitrogens with zero attached hydrogens (tertiary/aromatic N) is 1. The van der Waals surface area contributed by atoms with Crippen molar-refractivity contribution in [1.82, 2.24) is 0 Å². The van der Waals surface area contributed by atoms with Gasteiger partial charge in [0.2, 0.25) is 0 Å². The zero-order chi connectivity index (χ0) is 13.5. The van der Waals surface area contributed by atoms with Crippen molar-refractivity contribution in [3.8, 4) is 5.75 Å². The van der Waals surface area contributed by atoms with Crippen molar-refractivity contribution < 1.29 is 9.66 Å². The van der Waals surface area contributed by atoms with Crippen LogP contribution in [0.25, 0.3) is 0 Å². The minimum absolute atomic E-state index is 0.0281. The van der Waals surface area contributed by atoms with Gasteiger partial charge in [-0.05, 0) is 25.5 Å². The van der Waals surface area contributed by atoms with E-state index >= 15 is 0 Å². The first-order valence-corrected chi connectivity index (χ1v) is 5.89. The van der Waals surface area contributed by atoms with Crippen molar-refractivity contribution >= 4 is 11.4 Å². The molecule has 0 bridgehead atoms. The Morgan fingerprint density at radius 2 is 2.33 bits per heavy atom. The fourth-order valence-electron chi connectivity index (χ4n) is 1.46. The van der Waals surface area contributed by atoms with Crippen LogP contribution in [0.2, 0.25) is 0 Å². The monoisotopic (exact) mass is 250 g/mol. The van der Waals surface area contributed by atoms with E-state index in [0.29, 0.717) is 18.0 Å². The molecule has 0 heterocycles. The van der Waals surface area contributed by atoms with Gasteiger partial charge in [-0.3, -0.25) is 10.1 Å². The molecule has 1 unspecified atom stereocenters. The molecule has 0 saturated carbocycles. The Morgan fingerprint density at radius 1 is 1.61 bits per heavy atom. The molecule has 1 atom stereocenters. The van der Waals surface area contributed by atoms with Gasteiger partial charge in [0.1, 0.15) is 5.69 Å². The first kappa shape index (κ1) is 14.0. The second-order valence-corrected chi connectivity index (χ2v) is 3.93. The number of rotatable bonds is 7. The predicted molar refractivity (Wildman–Crippen MR) is 72.2 cm³/mol. The number of hydrogen-bond donors (Lipinski definition) is 1. The molecular weight excluding hydrogens is 232 g/mol. The zero-order valence-corrected chi connectivity index (χ0v) is 10.7. The topological polar surface area (TPSA) is 64.4 Å². The number of benzene rings is 1. The lowest BCUT2D eigenvalue weighted by atomic mass is 10.2. The molecule has 0 aliphatic rings. The number of nitro benzene ring substituents is 1. The van der Waals surface area contributed by atoms with Crippen LogP contribution in [0.4, 0.5) is 11.4 Å². The van der Waals surface area contributed by atoms with E-state index in [-0.39, 0.29) is 11.7 Å². The number of nitro groups is 1.